The zero-order valence-electron chi connectivity index (χ0n) is 12.0. The number of carbonyl (C=O) groups excluding carboxylic acids is 1. The normalized spacial score (nSPS) is 23.0. The first-order chi connectivity index (χ1) is 9.75. The molecule has 1 saturated heterocycles. The van der Waals surface area contributed by atoms with Gasteiger partial charge in [0.25, 0.3) is 5.91 Å². The van der Waals surface area contributed by atoms with Gasteiger partial charge < -0.3 is 10.6 Å². The molecule has 5 heteroatoms. The van der Waals surface area contributed by atoms with Crippen molar-refractivity contribution in [2.45, 2.75) is 57.0 Å². The molecule has 2 heterocycles. The third-order valence-corrected chi connectivity index (χ3v) is 4.86. The number of amides is 1. The summed E-state index contributed by atoms with van der Waals surface area (Å²) in [4.78, 5) is 14.0. The first kappa shape index (κ1) is 13.6. The number of hydrogen-bond acceptors (Lipinski definition) is 3. The third-order valence-electron chi connectivity index (χ3n) is 4.86. The fourth-order valence-electron chi connectivity index (χ4n) is 3.74. The van der Waals surface area contributed by atoms with Crippen molar-refractivity contribution in [3.63, 3.8) is 0 Å². The number of piperidine rings is 1. The summed E-state index contributed by atoms with van der Waals surface area (Å²) >= 11 is 0. The van der Waals surface area contributed by atoms with Crippen molar-refractivity contribution in [3.05, 3.63) is 18.0 Å². The van der Waals surface area contributed by atoms with Crippen LogP contribution in [0.5, 0.6) is 0 Å². The number of rotatable bonds is 3. The molecule has 1 amide bonds. The van der Waals surface area contributed by atoms with Crippen LogP contribution in [0.1, 0.15) is 61.5 Å². The Morgan fingerprint density at radius 1 is 1.10 bits per heavy atom. The van der Waals surface area contributed by atoms with Crippen molar-refractivity contribution >= 4 is 5.91 Å². The van der Waals surface area contributed by atoms with Gasteiger partial charge >= 0.3 is 0 Å². The van der Waals surface area contributed by atoms with Crippen LogP contribution in [0.15, 0.2) is 12.3 Å². The highest BCUT2D eigenvalue weighted by Gasteiger charge is 2.28. The third kappa shape index (κ3) is 2.73. The van der Waals surface area contributed by atoms with Gasteiger partial charge in [0.05, 0.1) is 6.04 Å². The quantitative estimate of drug-likeness (QED) is 0.917. The van der Waals surface area contributed by atoms with E-state index in [0.29, 0.717) is 11.7 Å². The molecule has 2 aliphatic rings. The van der Waals surface area contributed by atoms with Gasteiger partial charge in [-0.2, -0.15) is 5.10 Å². The lowest BCUT2D eigenvalue weighted by Crippen LogP contribution is -2.43. The van der Waals surface area contributed by atoms with E-state index in [1.165, 1.54) is 32.1 Å². The Morgan fingerprint density at radius 2 is 1.80 bits per heavy atom. The van der Waals surface area contributed by atoms with Crippen molar-refractivity contribution in [1.82, 2.24) is 14.7 Å². The lowest BCUT2D eigenvalue weighted by molar-refractivity contribution is 0.0946. The summed E-state index contributed by atoms with van der Waals surface area (Å²) < 4.78 is 1.83. The van der Waals surface area contributed by atoms with Gasteiger partial charge in [0.15, 0.2) is 0 Å². The van der Waals surface area contributed by atoms with Crippen LogP contribution >= 0.6 is 0 Å². The van der Waals surface area contributed by atoms with E-state index in [1.54, 1.807) is 12.3 Å². The average Bonchev–Trinajstić information content (AvgIpc) is 2.98. The molecule has 1 saturated carbocycles. The molecule has 1 aromatic rings. The molecule has 1 aliphatic heterocycles. The van der Waals surface area contributed by atoms with Gasteiger partial charge in [-0.25, -0.2) is 0 Å². The predicted octanol–water partition coefficient (Wildman–Crippen LogP) is 1.95. The van der Waals surface area contributed by atoms with E-state index < -0.39 is 0 Å². The first-order valence-corrected chi connectivity index (χ1v) is 7.83. The molecule has 1 aromatic heterocycles. The second kappa shape index (κ2) is 5.95. The molecule has 0 atom stereocenters. The van der Waals surface area contributed by atoms with Crippen LogP contribution in [0, 0.1) is 0 Å². The summed E-state index contributed by atoms with van der Waals surface area (Å²) in [7, 11) is 0. The number of nitrogens with zero attached hydrogens (tertiary/aromatic N) is 3. The summed E-state index contributed by atoms with van der Waals surface area (Å²) in [6, 6.07) is 2.83. The standard InChI is InChI=1S/C15H24N4O/c16-15(20)14-6-9-17-19(14)13-7-10-18(11-8-13)12-4-2-1-3-5-12/h6,9,12-13H,1-5,7-8,10-11H2,(H2,16,20). The molecule has 0 unspecified atom stereocenters. The van der Waals surface area contributed by atoms with Crippen molar-refractivity contribution < 1.29 is 4.79 Å². The molecule has 0 aromatic carbocycles. The number of carbonyl (C=O) groups is 1. The van der Waals surface area contributed by atoms with Crippen LogP contribution in [-0.2, 0) is 0 Å². The molecule has 2 N–H and O–H groups in total. The van der Waals surface area contributed by atoms with Crippen molar-refractivity contribution in [3.8, 4) is 0 Å². The Balaban J connectivity index is 1.60. The minimum atomic E-state index is -0.378. The monoisotopic (exact) mass is 276 g/mol. The minimum absolute atomic E-state index is 0.326. The summed E-state index contributed by atoms with van der Waals surface area (Å²) in [5.41, 5.74) is 5.94. The van der Waals surface area contributed by atoms with E-state index in [4.69, 9.17) is 5.73 Å². The number of primary amides is 1. The largest absolute Gasteiger partial charge is 0.364 e. The summed E-state index contributed by atoms with van der Waals surface area (Å²) in [5.74, 6) is -0.378. The van der Waals surface area contributed by atoms with E-state index in [2.05, 4.69) is 10.00 Å². The number of nitrogens with two attached hydrogens (primary N) is 1. The number of likely N-dealkylation sites (tertiary alicyclic amines) is 1. The van der Waals surface area contributed by atoms with E-state index in [0.717, 1.165) is 32.0 Å². The van der Waals surface area contributed by atoms with Gasteiger partial charge in [-0.15, -0.1) is 0 Å². The van der Waals surface area contributed by atoms with Crippen molar-refractivity contribution in [1.29, 1.82) is 0 Å². The maximum atomic E-state index is 11.4. The van der Waals surface area contributed by atoms with E-state index in [-0.39, 0.29) is 5.91 Å². The Hall–Kier alpha value is -1.36. The maximum Gasteiger partial charge on any atom is 0.266 e. The second-order valence-corrected chi connectivity index (χ2v) is 6.08. The Kier molecular flexibility index (Phi) is 4.05. The Bertz CT molecular complexity index is 456. The molecule has 0 radical (unpaired) electrons. The highest BCUT2D eigenvalue weighted by Crippen LogP contribution is 2.29. The molecule has 20 heavy (non-hydrogen) atoms. The highest BCUT2D eigenvalue weighted by atomic mass is 16.1. The predicted molar refractivity (Wildman–Crippen MR) is 77.5 cm³/mol. The molecule has 0 spiro atoms. The van der Waals surface area contributed by atoms with Crippen molar-refractivity contribution in [2.75, 3.05) is 13.1 Å². The summed E-state index contributed by atoms with van der Waals surface area (Å²) in [6.45, 7) is 2.24. The van der Waals surface area contributed by atoms with Gasteiger partial charge in [-0.1, -0.05) is 19.3 Å². The number of hydrogen-bond donors (Lipinski definition) is 1. The Labute approximate surface area is 120 Å². The molecular formula is C15H24N4O. The van der Waals surface area contributed by atoms with Crippen LogP contribution in [0.4, 0.5) is 0 Å². The van der Waals surface area contributed by atoms with Gasteiger partial charge in [-0.3, -0.25) is 9.48 Å². The smallest absolute Gasteiger partial charge is 0.266 e. The van der Waals surface area contributed by atoms with Crippen molar-refractivity contribution in [2.24, 2.45) is 5.73 Å². The van der Waals surface area contributed by atoms with E-state index in [1.807, 2.05) is 4.68 Å². The average molecular weight is 276 g/mol. The van der Waals surface area contributed by atoms with Gasteiger partial charge in [0.1, 0.15) is 5.69 Å². The fraction of sp³-hybridized carbons (Fsp3) is 0.733. The van der Waals surface area contributed by atoms with Crippen LogP contribution in [0.2, 0.25) is 0 Å². The topological polar surface area (TPSA) is 64.2 Å². The SMILES string of the molecule is NC(=O)c1ccnn1C1CCN(C2CCCCC2)CC1. The molecule has 1 aliphatic carbocycles. The fourth-order valence-corrected chi connectivity index (χ4v) is 3.74. The highest BCUT2D eigenvalue weighted by molar-refractivity contribution is 5.90. The molecular weight excluding hydrogens is 252 g/mol. The Morgan fingerprint density at radius 3 is 2.45 bits per heavy atom. The minimum Gasteiger partial charge on any atom is -0.364 e. The second-order valence-electron chi connectivity index (χ2n) is 6.08. The van der Waals surface area contributed by atoms with Gasteiger partial charge in [0, 0.05) is 25.3 Å². The lowest BCUT2D eigenvalue weighted by atomic mass is 9.92. The molecule has 5 nitrogen and oxygen atoms in total. The maximum absolute atomic E-state index is 11.4. The first-order valence-electron chi connectivity index (χ1n) is 7.83. The lowest BCUT2D eigenvalue weighted by Gasteiger charge is -2.39. The van der Waals surface area contributed by atoms with Crippen LogP contribution < -0.4 is 5.73 Å². The number of aromatic nitrogens is 2. The molecule has 2 fully saturated rings. The molecule has 110 valence electrons. The van der Waals surface area contributed by atoms with Gasteiger partial charge in [0.2, 0.25) is 0 Å². The zero-order valence-corrected chi connectivity index (χ0v) is 12.0. The molecule has 3 rings (SSSR count). The summed E-state index contributed by atoms with van der Waals surface area (Å²) in [6.07, 6.45) is 10.7. The van der Waals surface area contributed by atoms with Crippen LogP contribution in [0.25, 0.3) is 0 Å². The molecule has 0 bridgehead atoms. The summed E-state index contributed by atoms with van der Waals surface area (Å²) in [5, 5.41) is 4.30. The van der Waals surface area contributed by atoms with E-state index >= 15 is 0 Å². The van der Waals surface area contributed by atoms with Crippen LogP contribution in [0.3, 0.4) is 0 Å². The zero-order chi connectivity index (χ0) is 13.9. The van der Waals surface area contributed by atoms with E-state index in [9.17, 15) is 4.79 Å². The van der Waals surface area contributed by atoms with Gasteiger partial charge in [-0.05, 0) is 31.7 Å². The van der Waals surface area contributed by atoms with Crippen LogP contribution in [-0.4, -0.2) is 39.7 Å².